The van der Waals surface area contributed by atoms with Gasteiger partial charge in [-0.15, -0.1) is 11.3 Å². The Balaban J connectivity index is 2.02. The van der Waals surface area contributed by atoms with Crippen LogP contribution in [0.3, 0.4) is 0 Å². The fourth-order valence-electron chi connectivity index (χ4n) is 2.28. The van der Waals surface area contributed by atoms with Crippen molar-refractivity contribution in [2.45, 2.75) is 12.8 Å². The summed E-state index contributed by atoms with van der Waals surface area (Å²) >= 11 is 5.03. The number of aromatic nitrogens is 1. The molecule has 1 heterocycles. The minimum Gasteiger partial charge on any atom is -0.550 e. The SMILES string of the molecule is O=C([O-])CC/C(=C\c1cccc(Br)c1)c1nc2ccccc2s1. The lowest BCUT2D eigenvalue weighted by Gasteiger charge is -2.06. The van der Waals surface area contributed by atoms with Crippen LogP contribution in [0.25, 0.3) is 21.9 Å². The van der Waals surface area contributed by atoms with Crippen molar-refractivity contribution in [2.75, 3.05) is 0 Å². The summed E-state index contributed by atoms with van der Waals surface area (Å²) in [5, 5.41) is 11.7. The molecule has 1 aromatic heterocycles. The summed E-state index contributed by atoms with van der Waals surface area (Å²) in [6.45, 7) is 0. The fourth-order valence-corrected chi connectivity index (χ4v) is 3.71. The van der Waals surface area contributed by atoms with Gasteiger partial charge in [-0.1, -0.05) is 40.2 Å². The number of fused-ring (bicyclic) bond motifs is 1. The number of hydrogen-bond donors (Lipinski definition) is 0. The van der Waals surface area contributed by atoms with Crippen LogP contribution in [-0.2, 0) is 4.79 Å². The zero-order valence-electron chi connectivity index (χ0n) is 12.2. The van der Waals surface area contributed by atoms with Gasteiger partial charge in [0.2, 0.25) is 0 Å². The lowest BCUT2D eigenvalue weighted by molar-refractivity contribution is -0.305. The predicted molar refractivity (Wildman–Crippen MR) is 95.9 cm³/mol. The second-order valence-electron chi connectivity index (χ2n) is 5.08. The van der Waals surface area contributed by atoms with E-state index in [4.69, 9.17) is 0 Å². The zero-order valence-corrected chi connectivity index (χ0v) is 14.6. The lowest BCUT2D eigenvalue weighted by Crippen LogP contribution is -2.21. The van der Waals surface area contributed by atoms with E-state index in [9.17, 15) is 9.90 Å². The number of carbonyl (C=O) groups is 1. The van der Waals surface area contributed by atoms with Crippen molar-refractivity contribution in [2.24, 2.45) is 0 Å². The van der Waals surface area contributed by atoms with Crippen LogP contribution in [0.15, 0.2) is 53.0 Å². The molecule has 116 valence electrons. The first-order valence-electron chi connectivity index (χ1n) is 7.14. The van der Waals surface area contributed by atoms with Gasteiger partial charge in [-0.2, -0.15) is 0 Å². The molecule has 0 unspecified atom stereocenters. The summed E-state index contributed by atoms with van der Waals surface area (Å²) in [6, 6.07) is 15.8. The summed E-state index contributed by atoms with van der Waals surface area (Å²) in [7, 11) is 0. The Kier molecular flexibility index (Phi) is 4.88. The number of benzene rings is 2. The van der Waals surface area contributed by atoms with E-state index in [1.165, 1.54) is 0 Å². The van der Waals surface area contributed by atoms with Gasteiger partial charge < -0.3 is 9.90 Å². The fraction of sp³-hybridized carbons (Fsp3) is 0.111. The molecule has 0 saturated heterocycles. The highest BCUT2D eigenvalue weighted by Gasteiger charge is 2.09. The molecule has 0 atom stereocenters. The molecule has 3 nitrogen and oxygen atoms in total. The zero-order chi connectivity index (χ0) is 16.2. The van der Waals surface area contributed by atoms with E-state index in [1.54, 1.807) is 11.3 Å². The van der Waals surface area contributed by atoms with Crippen molar-refractivity contribution in [1.82, 2.24) is 4.98 Å². The first kappa shape index (κ1) is 15.9. The molecule has 0 aliphatic heterocycles. The predicted octanol–water partition coefficient (Wildman–Crippen LogP) is 4.13. The van der Waals surface area contributed by atoms with Crippen LogP contribution in [0, 0.1) is 0 Å². The highest BCUT2D eigenvalue weighted by atomic mass is 79.9. The number of aliphatic carboxylic acids is 1. The minimum absolute atomic E-state index is 0.0181. The van der Waals surface area contributed by atoms with Crippen molar-refractivity contribution in [1.29, 1.82) is 0 Å². The number of thiazole rings is 1. The normalized spacial score (nSPS) is 11.8. The van der Waals surface area contributed by atoms with Crippen molar-refractivity contribution in [3.05, 3.63) is 63.6 Å². The van der Waals surface area contributed by atoms with Crippen LogP contribution < -0.4 is 5.11 Å². The number of halogens is 1. The van der Waals surface area contributed by atoms with Crippen molar-refractivity contribution < 1.29 is 9.90 Å². The second-order valence-corrected chi connectivity index (χ2v) is 7.03. The maximum absolute atomic E-state index is 10.9. The van der Waals surface area contributed by atoms with Crippen LogP contribution in [0.2, 0.25) is 0 Å². The Morgan fingerprint density at radius 3 is 2.74 bits per heavy atom. The third-order valence-corrected chi connectivity index (χ3v) is 4.96. The van der Waals surface area contributed by atoms with Gasteiger partial charge in [-0.3, -0.25) is 0 Å². The van der Waals surface area contributed by atoms with Gasteiger partial charge >= 0.3 is 0 Å². The molecule has 0 spiro atoms. The molecule has 0 amide bonds. The topological polar surface area (TPSA) is 53.0 Å². The summed E-state index contributed by atoms with van der Waals surface area (Å²) in [5.74, 6) is -1.05. The first-order valence-corrected chi connectivity index (χ1v) is 8.75. The van der Waals surface area contributed by atoms with Gasteiger partial charge in [-0.05, 0) is 54.3 Å². The summed E-state index contributed by atoms with van der Waals surface area (Å²) < 4.78 is 2.07. The number of carboxylic acid groups (broad SMARTS) is 1. The molecule has 2 aromatic carbocycles. The van der Waals surface area contributed by atoms with Crippen LogP contribution in [0.1, 0.15) is 23.4 Å². The van der Waals surface area contributed by atoms with Crippen molar-refractivity contribution in [3.63, 3.8) is 0 Å². The summed E-state index contributed by atoms with van der Waals surface area (Å²) in [4.78, 5) is 15.5. The average Bonchev–Trinajstić information content (AvgIpc) is 2.95. The molecular formula is C18H13BrNO2S-. The molecule has 0 N–H and O–H groups in total. The Morgan fingerprint density at radius 2 is 2.00 bits per heavy atom. The third kappa shape index (κ3) is 4.06. The van der Waals surface area contributed by atoms with Crippen LogP contribution in [-0.4, -0.2) is 11.0 Å². The molecule has 0 aliphatic carbocycles. The monoisotopic (exact) mass is 386 g/mol. The lowest BCUT2D eigenvalue weighted by atomic mass is 10.1. The van der Waals surface area contributed by atoms with E-state index < -0.39 is 5.97 Å². The second kappa shape index (κ2) is 7.06. The quantitative estimate of drug-likeness (QED) is 0.662. The van der Waals surface area contributed by atoms with E-state index in [0.29, 0.717) is 6.42 Å². The molecule has 0 radical (unpaired) electrons. The number of carboxylic acids is 1. The van der Waals surface area contributed by atoms with Gasteiger partial charge in [0.25, 0.3) is 0 Å². The molecule has 3 rings (SSSR count). The van der Waals surface area contributed by atoms with Crippen LogP contribution >= 0.6 is 27.3 Å². The number of nitrogens with zero attached hydrogens (tertiary/aromatic N) is 1. The standard InChI is InChI=1S/C18H14BrNO2S/c19-14-5-3-4-12(11-14)10-13(8-9-17(21)22)18-20-15-6-1-2-7-16(15)23-18/h1-7,10-11H,8-9H2,(H,21,22)/p-1/b13-10+. The Bertz CT molecular complexity index is 852. The van der Waals surface area contributed by atoms with Crippen molar-refractivity contribution >= 4 is 55.1 Å². The molecule has 0 bridgehead atoms. The molecule has 23 heavy (non-hydrogen) atoms. The minimum atomic E-state index is -1.05. The Labute approximate surface area is 146 Å². The van der Waals surface area contributed by atoms with E-state index in [-0.39, 0.29) is 6.42 Å². The van der Waals surface area contributed by atoms with Crippen molar-refractivity contribution in [3.8, 4) is 0 Å². The molecular weight excluding hydrogens is 374 g/mol. The van der Waals surface area contributed by atoms with Gasteiger partial charge in [0.15, 0.2) is 0 Å². The maximum Gasteiger partial charge on any atom is 0.120 e. The Morgan fingerprint density at radius 1 is 1.17 bits per heavy atom. The third-order valence-electron chi connectivity index (χ3n) is 3.36. The molecule has 0 saturated carbocycles. The van der Waals surface area contributed by atoms with Gasteiger partial charge in [-0.25, -0.2) is 4.98 Å². The number of carbonyl (C=O) groups excluding carboxylic acids is 1. The number of hydrogen-bond acceptors (Lipinski definition) is 4. The molecule has 5 heteroatoms. The smallest absolute Gasteiger partial charge is 0.120 e. The van der Waals surface area contributed by atoms with Crippen LogP contribution in [0.5, 0.6) is 0 Å². The summed E-state index contributed by atoms with van der Waals surface area (Å²) in [6.07, 6.45) is 2.37. The Hall–Kier alpha value is -1.98. The average molecular weight is 387 g/mol. The van der Waals surface area contributed by atoms with Gasteiger partial charge in [0, 0.05) is 10.4 Å². The molecule has 3 aromatic rings. The molecule has 0 aliphatic rings. The van der Waals surface area contributed by atoms with Gasteiger partial charge in [0.1, 0.15) is 5.01 Å². The highest BCUT2D eigenvalue weighted by molar-refractivity contribution is 9.10. The highest BCUT2D eigenvalue weighted by Crippen LogP contribution is 2.31. The number of allylic oxidation sites excluding steroid dienone is 1. The van der Waals surface area contributed by atoms with Gasteiger partial charge in [0.05, 0.1) is 10.2 Å². The molecule has 0 fully saturated rings. The number of para-hydroxylation sites is 1. The van der Waals surface area contributed by atoms with E-state index in [2.05, 4.69) is 20.9 Å². The largest absolute Gasteiger partial charge is 0.550 e. The van der Waals surface area contributed by atoms with E-state index in [1.807, 2.05) is 54.6 Å². The van der Waals surface area contributed by atoms with Crippen LogP contribution in [0.4, 0.5) is 0 Å². The summed E-state index contributed by atoms with van der Waals surface area (Å²) in [5.41, 5.74) is 2.85. The number of rotatable bonds is 5. The maximum atomic E-state index is 10.9. The van der Waals surface area contributed by atoms with E-state index in [0.717, 1.165) is 30.8 Å². The first-order chi connectivity index (χ1) is 11.1. The van der Waals surface area contributed by atoms with E-state index >= 15 is 0 Å².